The van der Waals surface area contributed by atoms with E-state index < -0.39 is 5.97 Å². The van der Waals surface area contributed by atoms with E-state index in [1.54, 1.807) is 36.1 Å². The normalized spacial score (nSPS) is 13.2. The first-order valence-corrected chi connectivity index (χ1v) is 12.2. The standard InChI is InChI=1S/C26H34N4O6/c1-3-5-16-35-26(33)30-14-12-29(13-15-30)20-8-6-19(7-9-20)25(32)28-23-11-10-21(17-22(23)27)36-18-24(31)34-4-2/h6-11,17H,3-5,12-16,18,27H2,1-2H3,(H,28,32). The van der Waals surface area contributed by atoms with Crippen molar-refractivity contribution in [2.45, 2.75) is 26.7 Å². The maximum Gasteiger partial charge on any atom is 0.409 e. The number of esters is 1. The maximum absolute atomic E-state index is 12.7. The number of benzene rings is 2. The van der Waals surface area contributed by atoms with Gasteiger partial charge in [-0.25, -0.2) is 9.59 Å². The molecule has 1 fully saturated rings. The van der Waals surface area contributed by atoms with E-state index in [0.717, 1.165) is 18.5 Å². The molecule has 0 spiro atoms. The van der Waals surface area contributed by atoms with E-state index in [1.165, 1.54) is 6.07 Å². The van der Waals surface area contributed by atoms with Crippen molar-refractivity contribution in [2.24, 2.45) is 0 Å². The summed E-state index contributed by atoms with van der Waals surface area (Å²) in [6.07, 6.45) is 1.60. The van der Waals surface area contributed by atoms with Gasteiger partial charge in [0, 0.05) is 43.5 Å². The summed E-state index contributed by atoms with van der Waals surface area (Å²) in [4.78, 5) is 40.2. The number of hydrogen-bond donors (Lipinski definition) is 2. The van der Waals surface area contributed by atoms with Crippen molar-refractivity contribution in [1.82, 2.24) is 4.90 Å². The van der Waals surface area contributed by atoms with Gasteiger partial charge < -0.3 is 35.1 Å². The zero-order valence-corrected chi connectivity index (χ0v) is 20.8. The van der Waals surface area contributed by atoms with Crippen LogP contribution in [0.15, 0.2) is 42.5 Å². The van der Waals surface area contributed by atoms with Crippen LogP contribution in [0.4, 0.5) is 21.9 Å². The predicted octanol–water partition coefficient (Wildman–Crippen LogP) is 3.52. The molecule has 0 radical (unpaired) electrons. The topological polar surface area (TPSA) is 123 Å². The van der Waals surface area contributed by atoms with Gasteiger partial charge in [-0.05, 0) is 49.7 Å². The second-order valence-electron chi connectivity index (χ2n) is 8.29. The van der Waals surface area contributed by atoms with Crippen molar-refractivity contribution in [3.8, 4) is 5.75 Å². The highest BCUT2D eigenvalue weighted by Gasteiger charge is 2.22. The Morgan fingerprint density at radius 3 is 2.33 bits per heavy atom. The summed E-state index contributed by atoms with van der Waals surface area (Å²) in [5, 5.41) is 2.79. The molecular formula is C26H34N4O6. The van der Waals surface area contributed by atoms with Crippen LogP contribution in [-0.2, 0) is 14.3 Å². The van der Waals surface area contributed by atoms with Gasteiger partial charge in [-0.15, -0.1) is 0 Å². The van der Waals surface area contributed by atoms with Crippen molar-refractivity contribution in [2.75, 3.05) is 62.0 Å². The molecule has 0 aromatic heterocycles. The van der Waals surface area contributed by atoms with Gasteiger partial charge in [-0.1, -0.05) is 13.3 Å². The number of carbonyl (C=O) groups excluding carboxylic acids is 3. The van der Waals surface area contributed by atoms with Gasteiger partial charge in [0.25, 0.3) is 5.91 Å². The number of nitrogens with one attached hydrogen (secondary N) is 1. The summed E-state index contributed by atoms with van der Waals surface area (Å²) in [5.74, 6) is -0.367. The Morgan fingerprint density at radius 2 is 1.69 bits per heavy atom. The quantitative estimate of drug-likeness (QED) is 0.290. The lowest BCUT2D eigenvalue weighted by molar-refractivity contribution is -0.145. The van der Waals surface area contributed by atoms with Crippen molar-refractivity contribution in [3.05, 3.63) is 48.0 Å². The highest BCUT2D eigenvalue weighted by molar-refractivity contribution is 6.06. The van der Waals surface area contributed by atoms with Gasteiger partial charge in [0.2, 0.25) is 0 Å². The number of nitrogens with two attached hydrogens (primary N) is 1. The van der Waals surface area contributed by atoms with Crippen LogP contribution >= 0.6 is 0 Å². The zero-order chi connectivity index (χ0) is 25.9. The summed E-state index contributed by atoms with van der Waals surface area (Å²) in [7, 11) is 0. The lowest BCUT2D eigenvalue weighted by Gasteiger charge is -2.35. The van der Waals surface area contributed by atoms with Crippen molar-refractivity contribution >= 4 is 35.0 Å². The molecule has 1 saturated heterocycles. The van der Waals surface area contributed by atoms with Gasteiger partial charge >= 0.3 is 12.1 Å². The van der Waals surface area contributed by atoms with E-state index in [1.807, 2.05) is 12.1 Å². The third-order valence-corrected chi connectivity index (χ3v) is 5.69. The lowest BCUT2D eigenvalue weighted by Crippen LogP contribution is -2.49. The van der Waals surface area contributed by atoms with Gasteiger partial charge in [0.05, 0.1) is 24.6 Å². The third-order valence-electron chi connectivity index (χ3n) is 5.69. The highest BCUT2D eigenvalue weighted by Crippen LogP contribution is 2.25. The average molecular weight is 499 g/mol. The first kappa shape index (κ1) is 26.7. The first-order valence-electron chi connectivity index (χ1n) is 12.2. The molecule has 0 aliphatic carbocycles. The monoisotopic (exact) mass is 498 g/mol. The number of rotatable bonds is 10. The molecule has 10 nitrogen and oxygen atoms in total. The van der Waals surface area contributed by atoms with Crippen molar-refractivity contribution in [3.63, 3.8) is 0 Å². The van der Waals surface area contributed by atoms with Crippen LogP contribution in [0.3, 0.4) is 0 Å². The Balaban J connectivity index is 1.50. The summed E-state index contributed by atoms with van der Waals surface area (Å²) in [6, 6.07) is 12.1. The summed E-state index contributed by atoms with van der Waals surface area (Å²) in [5.41, 5.74) is 8.26. The molecule has 0 atom stereocenters. The number of nitrogen functional groups attached to an aromatic ring is 1. The molecule has 194 valence electrons. The molecule has 10 heteroatoms. The highest BCUT2D eigenvalue weighted by atomic mass is 16.6. The van der Waals surface area contributed by atoms with Crippen LogP contribution in [0.2, 0.25) is 0 Å². The van der Waals surface area contributed by atoms with E-state index in [4.69, 9.17) is 19.9 Å². The van der Waals surface area contributed by atoms with Crippen LogP contribution in [0.5, 0.6) is 5.75 Å². The van der Waals surface area contributed by atoms with Crippen LogP contribution < -0.4 is 20.7 Å². The van der Waals surface area contributed by atoms with E-state index in [9.17, 15) is 14.4 Å². The van der Waals surface area contributed by atoms with Gasteiger partial charge in [-0.2, -0.15) is 0 Å². The molecule has 0 unspecified atom stereocenters. The second kappa shape index (κ2) is 13.2. The summed E-state index contributed by atoms with van der Waals surface area (Å²) in [6.45, 7) is 6.85. The Kier molecular flexibility index (Phi) is 9.79. The van der Waals surface area contributed by atoms with Crippen molar-refractivity contribution in [1.29, 1.82) is 0 Å². The SMILES string of the molecule is CCCCOC(=O)N1CCN(c2ccc(C(=O)Nc3ccc(OCC(=O)OCC)cc3N)cc2)CC1. The lowest BCUT2D eigenvalue weighted by atomic mass is 10.1. The molecule has 2 aromatic carbocycles. The molecular weight excluding hydrogens is 464 g/mol. The van der Waals surface area contributed by atoms with E-state index in [-0.39, 0.29) is 25.2 Å². The molecule has 3 rings (SSSR count). The Morgan fingerprint density at radius 1 is 0.972 bits per heavy atom. The van der Waals surface area contributed by atoms with E-state index in [0.29, 0.717) is 55.5 Å². The first-order chi connectivity index (χ1) is 17.4. The van der Waals surface area contributed by atoms with Gasteiger partial charge in [0.1, 0.15) is 5.75 Å². The van der Waals surface area contributed by atoms with Gasteiger partial charge in [0.15, 0.2) is 6.61 Å². The molecule has 0 saturated carbocycles. The maximum atomic E-state index is 12.7. The number of unbranched alkanes of at least 4 members (excludes halogenated alkanes) is 1. The van der Waals surface area contributed by atoms with Crippen molar-refractivity contribution < 1.29 is 28.6 Å². The van der Waals surface area contributed by atoms with Crippen LogP contribution in [0, 0.1) is 0 Å². The third kappa shape index (κ3) is 7.53. The fourth-order valence-corrected chi connectivity index (χ4v) is 3.65. The molecule has 36 heavy (non-hydrogen) atoms. The largest absolute Gasteiger partial charge is 0.482 e. The average Bonchev–Trinajstić information content (AvgIpc) is 2.89. The van der Waals surface area contributed by atoms with Crippen LogP contribution in [0.25, 0.3) is 0 Å². The minimum atomic E-state index is -0.469. The molecule has 1 aliphatic rings. The number of nitrogens with zero attached hydrogens (tertiary/aromatic N) is 2. The minimum absolute atomic E-state index is 0.219. The Hall–Kier alpha value is -3.95. The molecule has 1 aliphatic heterocycles. The molecule has 1 heterocycles. The number of piperazine rings is 1. The minimum Gasteiger partial charge on any atom is -0.482 e. The smallest absolute Gasteiger partial charge is 0.409 e. The number of ether oxygens (including phenoxy) is 3. The van der Waals surface area contributed by atoms with E-state index in [2.05, 4.69) is 17.1 Å². The summed E-state index contributed by atoms with van der Waals surface area (Å²) >= 11 is 0. The number of anilines is 3. The molecule has 2 aromatic rings. The summed E-state index contributed by atoms with van der Waals surface area (Å²) < 4.78 is 15.5. The predicted molar refractivity (Wildman–Crippen MR) is 137 cm³/mol. The van der Waals surface area contributed by atoms with Crippen LogP contribution in [0.1, 0.15) is 37.0 Å². The fourth-order valence-electron chi connectivity index (χ4n) is 3.65. The van der Waals surface area contributed by atoms with Crippen LogP contribution in [-0.4, -0.2) is 68.9 Å². The molecule has 0 bridgehead atoms. The Labute approximate surface area is 211 Å². The number of amides is 2. The second-order valence-corrected chi connectivity index (χ2v) is 8.29. The van der Waals surface area contributed by atoms with Gasteiger partial charge in [-0.3, -0.25) is 4.79 Å². The number of hydrogen-bond acceptors (Lipinski definition) is 8. The fraction of sp³-hybridized carbons (Fsp3) is 0.423. The Bertz CT molecular complexity index is 1040. The molecule has 3 N–H and O–H groups in total. The number of carbonyl (C=O) groups is 3. The zero-order valence-electron chi connectivity index (χ0n) is 20.8. The molecule has 2 amide bonds. The van der Waals surface area contributed by atoms with E-state index >= 15 is 0 Å².